The highest BCUT2D eigenvalue weighted by atomic mass is 16.4. The molecule has 0 spiro atoms. The Morgan fingerprint density at radius 1 is 1.37 bits per heavy atom. The van der Waals surface area contributed by atoms with Crippen molar-refractivity contribution in [2.24, 2.45) is 5.92 Å². The zero-order chi connectivity index (χ0) is 14.8. The Bertz CT molecular complexity index is 472. The van der Waals surface area contributed by atoms with Gasteiger partial charge in [-0.15, -0.1) is 0 Å². The summed E-state index contributed by atoms with van der Waals surface area (Å²) in [6, 6.07) is -0.898. The quantitative estimate of drug-likeness (QED) is 0.865. The summed E-state index contributed by atoms with van der Waals surface area (Å²) < 4.78 is 1.67. The summed E-state index contributed by atoms with van der Waals surface area (Å²) in [6.45, 7) is 9.40. The monoisotopic (exact) mass is 267 g/mol. The van der Waals surface area contributed by atoms with Crippen LogP contribution in [0.2, 0.25) is 0 Å². The zero-order valence-electron chi connectivity index (χ0n) is 12.0. The van der Waals surface area contributed by atoms with Gasteiger partial charge < -0.3 is 10.4 Å². The summed E-state index contributed by atoms with van der Waals surface area (Å²) >= 11 is 0. The smallest absolute Gasteiger partial charge is 0.326 e. The predicted octanol–water partition coefficient (Wildman–Crippen LogP) is 1.48. The van der Waals surface area contributed by atoms with Gasteiger partial charge in [0, 0.05) is 6.20 Å². The number of nitrogens with zero attached hydrogens (tertiary/aromatic N) is 2. The van der Waals surface area contributed by atoms with Gasteiger partial charge in [0.15, 0.2) is 0 Å². The molecule has 0 radical (unpaired) electrons. The molecule has 0 saturated heterocycles. The van der Waals surface area contributed by atoms with Crippen molar-refractivity contribution >= 4 is 11.9 Å². The van der Waals surface area contributed by atoms with E-state index >= 15 is 0 Å². The molecule has 0 aliphatic carbocycles. The molecule has 6 nitrogen and oxygen atoms in total. The van der Waals surface area contributed by atoms with Crippen LogP contribution in [0, 0.1) is 5.92 Å². The van der Waals surface area contributed by atoms with Crippen molar-refractivity contribution in [1.82, 2.24) is 15.1 Å². The van der Waals surface area contributed by atoms with E-state index in [9.17, 15) is 9.59 Å². The molecule has 1 unspecified atom stereocenters. The van der Waals surface area contributed by atoms with Crippen LogP contribution in [-0.2, 0) is 10.3 Å². The van der Waals surface area contributed by atoms with Gasteiger partial charge in [-0.1, -0.05) is 13.8 Å². The van der Waals surface area contributed by atoms with Crippen LogP contribution in [0.1, 0.15) is 45.0 Å². The summed E-state index contributed by atoms with van der Waals surface area (Å²) in [4.78, 5) is 23.0. The molecule has 1 aromatic rings. The van der Waals surface area contributed by atoms with Crippen LogP contribution < -0.4 is 5.32 Å². The number of carboxylic acid groups (broad SMARTS) is 1. The van der Waals surface area contributed by atoms with Crippen molar-refractivity contribution in [3.63, 3.8) is 0 Å². The van der Waals surface area contributed by atoms with E-state index in [1.165, 1.54) is 6.20 Å². The number of hydrogen-bond acceptors (Lipinski definition) is 3. The standard InChI is InChI=1S/C13H21N3O3/c1-8(2)10(12(18)19)15-11(17)9-6-14-16(7-9)13(3,4)5/h6-8,10H,1-5H3,(H,15,17)(H,18,19). The summed E-state index contributed by atoms with van der Waals surface area (Å²) in [5, 5.41) is 15.7. The summed E-state index contributed by atoms with van der Waals surface area (Å²) in [6.07, 6.45) is 3.06. The Hall–Kier alpha value is -1.85. The first kappa shape index (κ1) is 15.2. The van der Waals surface area contributed by atoms with Gasteiger partial charge in [-0.2, -0.15) is 5.10 Å². The van der Waals surface area contributed by atoms with Gasteiger partial charge in [-0.05, 0) is 26.7 Å². The highest BCUT2D eigenvalue weighted by Gasteiger charge is 2.25. The number of hydrogen-bond donors (Lipinski definition) is 2. The number of rotatable bonds is 4. The second kappa shape index (κ2) is 5.42. The molecule has 19 heavy (non-hydrogen) atoms. The Morgan fingerprint density at radius 2 is 1.95 bits per heavy atom. The minimum atomic E-state index is -1.04. The number of carbonyl (C=O) groups is 2. The molecule has 2 N–H and O–H groups in total. The van der Waals surface area contributed by atoms with Gasteiger partial charge in [0.25, 0.3) is 5.91 Å². The fourth-order valence-electron chi connectivity index (χ4n) is 1.55. The number of aliphatic carboxylic acids is 1. The minimum absolute atomic E-state index is 0.181. The summed E-state index contributed by atoms with van der Waals surface area (Å²) in [5.41, 5.74) is 0.143. The SMILES string of the molecule is CC(C)C(NC(=O)c1cnn(C(C)(C)C)c1)C(=O)O. The van der Waals surface area contributed by atoms with Gasteiger partial charge in [0.2, 0.25) is 0 Å². The van der Waals surface area contributed by atoms with Gasteiger partial charge in [-0.25, -0.2) is 4.79 Å². The lowest BCUT2D eigenvalue weighted by atomic mass is 10.0. The third kappa shape index (κ3) is 3.81. The van der Waals surface area contributed by atoms with Crippen LogP contribution in [-0.4, -0.2) is 32.8 Å². The van der Waals surface area contributed by atoms with E-state index in [0.29, 0.717) is 5.56 Å². The molecule has 0 aromatic carbocycles. The number of carbonyl (C=O) groups excluding carboxylic acids is 1. The van der Waals surface area contributed by atoms with Gasteiger partial charge in [0.05, 0.1) is 17.3 Å². The van der Waals surface area contributed by atoms with Gasteiger partial charge in [-0.3, -0.25) is 9.48 Å². The van der Waals surface area contributed by atoms with E-state index in [1.807, 2.05) is 20.8 Å². The maximum atomic E-state index is 12.0. The van der Waals surface area contributed by atoms with E-state index in [-0.39, 0.29) is 11.5 Å². The molecular weight excluding hydrogens is 246 g/mol. The molecule has 0 aliphatic rings. The van der Waals surface area contributed by atoms with Crippen LogP contribution in [0.15, 0.2) is 12.4 Å². The zero-order valence-corrected chi connectivity index (χ0v) is 12.0. The van der Waals surface area contributed by atoms with Crippen molar-refractivity contribution < 1.29 is 14.7 Å². The molecule has 1 aromatic heterocycles. The molecule has 0 aliphatic heterocycles. The first-order valence-electron chi connectivity index (χ1n) is 6.21. The normalized spacial score (nSPS) is 13.4. The van der Waals surface area contributed by atoms with Crippen molar-refractivity contribution in [3.8, 4) is 0 Å². The average molecular weight is 267 g/mol. The van der Waals surface area contributed by atoms with Crippen LogP contribution in [0.3, 0.4) is 0 Å². The largest absolute Gasteiger partial charge is 0.480 e. The number of amides is 1. The van der Waals surface area contributed by atoms with E-state index in [2.05, 4.69) is 10.4 Å². The van der Waals surface area contributed by atoms with Crippen molar-refractivity contribution in [2.75, 3.05) is 0 Å². The fraction of sp³-hybridized carbons (Fsp3) is 0.615. The van der Waals surface area contributed by atoms with Crippen LogP contribution in [0.4, 0.5) is 0 Å². The third-order valence-corrected chi connectivity index (χ3v) is 2.75. The summed E-state index contributed by atoms with van der Waals surface area (Å²) in [5.74, 6) is -1.64. The third-order valence-electron chi connectivity index (χ3n) is 2.75. The molecule has 106 valence electrons. The molecule has 0 saturated carbocycles. The first-order valence-corrected chi connectivity index (χ1v) is 6.21. The molecular formula is C13H21N3O3. The lowest BCUT2D eigenvalue weighted by Gasteiger charge is -2.19. The summed E-state index contributed by atoms with van der Waals surface area (Å²) in [7, 11) is 0. The van der Waals surface area contributed by atoms with E-state index in [0.717, 1.165) is 0 Å². The minimum Gasteiger partial charge on any atom is -0.480 e. The lowest BCUT2D eigenvalue weighted by molar-refractivity contribution is -0.140. The molecule has 1 atom stereocenters. The highest BCUT2D eigenvalue weighted by Crippen LogP contribution is 2.13. The van der Waals surface area contributed by atoms with Crippen LogP contribution >= 0.6 is 0 Å². The predicted molar refractivity (Wildman–Crippen MR) is 71.0 cm³/mol. The Kier molecular flexibility index (Phi) is 4.34. The van der Waals surface area contributed by atoms with Crippen molar-refractivity contribution in [3.05, 3.63) is 18.0 Å². The second-order valence-electron chi connectivity index (χ2n) is 5.88. The number of aromatic nitrogens is 2. The van der Waals surface area contributed by atoms with Gasteiger partial charge in [0.1, 0.15) is 6.04 Å². The molecule has 0 bridgehead atoms. The molecule has 6 heteroatoms. The lowest BCUT2D eigenvalue weighted by Crippen LogP contribution is -2.44. The molecule has 1 amide bonds. The van der Waals surface area contributed by atoms with E-state index in [1.54, 1.807) is 24.7 Å². The van der Waals surface area contributed by atoms with Crippen LogP contribution in [0.25, 0.3) is 0 Å². The fourth-order valence-corrected chi connectivity index (χ4v) is 1.55. The second-order valence-corrected chi connectivity index (χ2v) is 5.88. The average Bonchev–Trinajstić information content (AvgIpc) is 2.73. The van der Waals surface area contributed by atoms with E-state index < -0.39 is 17.9 Å². The maximum Gasteiger partial charge on any atom is 0.326 e. The Morgan fingerprint density at radius 3 is 2.32 bits per heavy atom. The van der Waals surface area contributed by atoms with Crippen molar-refractivity contribution in [2.45, 2.75) is 46.2 Å². The molecule has 1 heterocycles. The number of nitrogens with one attached hydrogen (secondary N) is 1. The topological polar surface area (TPSA) is 84.2 Å². The van der Waals surface area contributed by atoms with E-state index in [4.69, 9.17) is 5.11 Å². The Balaban J connectivity index is 2.84. The van der Waals surface area contributed by atoms with Gasteiger partial charge >= 0.3 is 5.97 Å². The maximum absolute atomic E-state index is 12.0. The van der Waals surface area contributed by atoms with Crippen molar-refractivity contribution in [1.29, 1.82) is 0 Å². The molecule has 1 rings (SSSR count). The number of carboxylic acids is 1. The van der Waals surface area contributed by atoms with Crippen LogP contribution in [0.5, 0.6) is 0 Å². The molecule has 0 fully saturated rings. The first-order chi connectivity index (χ1) is 8.62. The highest BCUT2D eigenvalue weighted by molar-refractivity contribution is 5.96. The Labute approximate surface area is 112 Å².